The van der Waals surface area contributed by atoms with E-state index in [0.717, 1.165) is 35.6 Å². The van der Waals surface area contributed by atoms with Crippen molar-refractivity contribution in [2.45, 2.75) is 31.6 Å². The molecule has 1 aliphatic rings. The van der Waals surface area contributed by atoms with Gasteiger partial charge in [0.15, 0.2) is 5.82 Å². The third kappa shape index (κ3) is 5.11. The Labute approximate surface area is 204 Å². The van der Waals surface area contributed by atoms with Crippen LogP contribution in [0, 0.1) is 0 Å². The number of anilines is 1. The SMILES string of the molecule is COc1cc(OC)cc(-c2nc(C(Cc3cccnc3N3CCCCC3)c3cccnc3)no2)c1. The van der Waals surface area contributed by atoms with Crippen LogP contribution in [0.5, 0.6) is 11.5 Å². The predicted molar refractivity (Wildman–Crippen MR) is 133 cm³/mol. The molecule has 5 rings (SSSR count). The van der Waals surface area contributed by atoms with Crippen LogP contribution in [-0.4, -0.2) is 47.4 Å². The van der Waals surface area contributed by atoms with Crippen LogP contribution in [0.1, 0.15) is 42.1 Å². The Morgan fingerprint density at radius 3 is 2.46 bits per heavy atom. The summed E-state index contributed by atoms with van der Waals surface area (Å²) in [6.45, 7) is 2.07. The average Bonchev–Trinajstić information content (AvgIpc) is 3.42. The molecule has 180 valence electrons. The number of methoxy groups -OCH3 is 2. The third-order valence-electron chi connectivity index (χ3n) is 6.39. The lowest BCUT2D eigenvalue weighted by atomic mass is 9.92. The number of ether oxygens (including phenoxy) is 2. The molecule has 1 unspecified atom stereocenters. The maximum absolute atomic E-state index is 5.72. The van der Waals surface area contributed by atoms with Crippen LogP contribution in [-0.2, 0) is 6.42 Å². The highest BCUT2D eigenvalue weighted by molar-refractivity contribution is 5.59. The standard InChI is InChI=1S/C27H29N5O3/c1-33-22-14-21(15-23(17-22)34-2)27-30-25(31-35-27)24(20-9-6-10-28-18-20)16-19-8-7-11-29-26(19)32-12-4-3-5-13-32/h6-11,14-15,17-18,24H,3-5,12-13,16H2,1-2H3. The largest absolute Gasteiger partial charge is 0.497 e. The van der Waals surface area contributed by atoms with E-state index in [1.54, 1.807) is 20.4 Å². The molecule has 0 aliphatic carbocycles. The topological polar surface area (TPSA) is 86.4 Å². The zero-order valence-electron chi connectivity index (χ0n) is 20.1. The Morgan fingerprint density at radius 1 is 0.971 bits per heavy atom. The molecule has 35 heavy (non-hydrogen) atoms. The number of nitrogens with zero attached hydrogens (tertiary/aromatic N) is 5. The molecule has 8 nitrogen and oxygen atoms in total. The van der Waals surface area contributed by atoms with Crippen LogP contribution in [0.2, 0.25) is 0 Å². The van der Waals surface area contributed by atoms with E-state index in [9.17, 15) is 0 Å². The van der Waals surface area contributed by atoms with Crippen molar-refractivity contribution in [2.75, 3.05) is 32.2 Å². The Kier molecular flexibility index (Phi) is 6.88. The molecule has 0 bridgehead atoms. The monoisotopic (exact) mass is 471 g/mol. The number of benzene rings is 1. The molecule has 3 aromatic heterocycles. The van der Waals surface area contributed by atoms with E-state index in [0.29, 0.717) is 29.6 Å². The second kappa shape index (κ2) is 10.5. The van der Waals surface area contributed by atoms with Crippen LogP contribution < -0.4 is 14.4 Å². The van der Waals surface area contributed by atoms with Crippen LogP contribution in [0.25, 0.3) is 11.5 Å². The molecule has 1 fully saturated rings. The quantitative estimate of drug-likeness (QED) is 0.358. The van der Waals surface area contributed by atoms with Crippen molar-refractivity contribution in [1.29, 1.82) is 0 Å². The molecule has 4 aromatic rings. The van der Waals surface area contributed by atoms with Gasteiger partial charge < -0.3 is 18.9 Å². The number of aromatic nitrogens is 4. The van der Waals surface area contributed by atoms with Gasteiger partial charge in [-0.3, -0.25) is 4.98 Å². The Balaban J connectivity index is 1.50. The second-order valence-electron chi connectivity index (χ2n) is 8.64. The summed E-state index contributed by atoms with van der Waals surface area (Å²) < 4.78 is 16.5. The fourth-order valence-electron chi connectivity index (χ4n) is 4.56. The molecule has 0 spiro atoms. The minimum Gasteiger partial charge on any atom is -0.497 e. The normalized spacial score (nSPS) is 14.5. The van der Waals surface area contributed by atoms with Gasteiger partial charge in [0, 0.05) is 43.3 Å². The summed E-state index contributed by atoms with van der Waals surface area (Å²) in [6, 6.07) is 13.7. The van der Waals surface area contributed by atoms with Gasteiger partial charge in [-0.2, -0.15) is 4.98 Å². The van der Waals surface area contributed by atoms with Crippen molar-refractivity contribution in [3.63, 3.8) is 0 Å². The molecule has 0 saturated carbocycles. The summed E-state index contributed by atoms with van der Waals surface area (Å²) in [5.74, 6) is 3.23. The molecule has 1 atom stereocenters. The molecular formula is C27H29N5O3. The van der Waals surface area contributed by atoms with Crippen LogP contribution in [0.15, 0.2) is 65.6 Å². The van der Waals surface area contributed by atoms with E-state index in [1.807, 2.05) is 42.7 Å². The van der Waals surface area contributed by atoms with Gasteiger partial charge in [0.25, 0.3) is 5.89 Å². The number of pyridine rings is 2. The highest BCUT2D eigenvalue weighted by Crippen LogP contribution is 2.33. The fraction of sp³-hybridized carbons (Fsp3) is 0.333. The van der Waals surface area contributed by atoms with E-state index in [1.165, 1.54) is 19.3 Å². The molecule has 0 N–H and O–H groups in total. The van der Waals surface area contributed by atoms with Crippen molar-refractivity contribution < 1.29 is 14.0 Å². The Hall–Kier alpha value is -3.94. The van der Waals surface area contributed by atoms with Gasteiger partial charge in [0.1, 0.15) is 17.3 Å². The minimum absolute atomic E-state index is 0.138. The molecular weight excluding hydrogens is 442 g/mol. The highest BCUT2D eigenvalue weighted by Gasteiger charge is 2.25. The summed E-state index contributed by atoms with van der Waals surface area (Å²) in [7, 11) is 3.23. The number of hydrogen-bond donors (Lipinski definition) is 0. The lowest BCUT2D eigenvalue weighted by molar-refractivity contribution is 0.392. The van der Waals surface area contributed by atoms with Gasteiger partial charge in [-0.1, -0.05) is 17.3 Å². The summed E-state index contributed by atoms with van der Waals surface area (Å²) in [4.78, 5) is 16.3. The molecule has 4 heterocycles. The van der Waals surface area contributed by atoms with Gasteiger partial charge in [-0.15, -0.1) is 0 Å². The van der Waals surface area contributed by atoms with Gasteiger partial charge in [-0.25, -0.2) is 4.98 Å². The zero-order chi connectivity index (χ0) is 24.0. The zero-order valence-corrected chi connectivity index (χ0v) is 20.1. The maximum Gasteiger partial charge on any atom is 0.258 e. The van der Waals surface area contributed by atoms with Crippen molar-refractivity contribution in [1.82, 2.24) is 20.1 Å². The van der Waals surface area contributed by atoms with Gasteiger partial charge in [0.2, 0.25) is 0 Å². The molecule has 0 radical (unpaired) electrons. The summed E-state index contributed by atoms with van der Waals surface area (Å²) in [5, 5.41) is 4.39. The molecule has 1 saturated heterocycles. The molecule has 0 amide bonds. The van der Waals surface area contributed by atoms with Crippen molar-refractivity contribution >= 4 is 5.82 Å². The third-order valence-corrected chi connectivity index (χ3v) is 6.39. The van der Waals surface area contributed by atoms with E-state index in [-0.39, 0.29) is 5.92 Å². The number of piperidine rings is 1. The van der Waals surface area contributed by atoms with E-state index in [4.69, 9.17) is 24.0 Å². The lowest BCUT2D eigenvalue weighted by Gasteiger charge is -2.30. The first-order valence-electron chi connectivity index (χ1n) is 11.9. The fourth-order valence-corrected chi connectivity index (χ4v) is 4.56. The summed E-state index contributed by atoms with van der Waals surface area (Å²) in [5.41, 5.74) is 2.93. The molecule has 1 aliphatic heterocycles. The Morgan fingerprint density at radius 2 is 1.74 bits per heavy atom. The van der Waals surface area contributed by atoms with Crippen molar-refractivity contribution in [2.24, 2.45) is 0 Å². The summed E-state index contributed by atoms with van der Waals surface area (Å²) in [6.07, 6.45) is 9.86. The average molecular weight is 472 g/mol. The van der Waals surface area contributed by atoms with Gasteiger partial charge in [-0.05, 0) is 61.1 Å². The van der Waals surface area contributed by atoms with Crippen molar-refractivity contribution in [3.8, 4) is 23.0 Å². The predicted octanol–water partition coefficient (Wildman–Crippen LogP) is 4.91. The smallest absolute Gasteiger partial charge is 0.258 e. The van der Waals surface area contributed by atoms with Crippen LogP contribution in [0.4, 0.5) is 5.82 Å². The van der Waals surface area contributed by atoms with Gasteiger partial charge >= 0.3 is 0 Å². The van der Waals surface area contributed by atoms with Crippen molar-refractivity contribution in [3.05, 3.63) is 78.0 Å². The highest BCUT2D eigenvalue weighted by atomic mass is 16.5. The first kappa shape index (κ1) is 22.8. The summed E-state index contributed by atoms with van der Waals surface area (Å²) >= 11 is 0. The van der Waals surface area contributed by atoms with Crippen LogP contribution in [0.3, 0.4) is 0 Å². The molecule has 8 heteroatoms. The van der Waals surface area contributed by atoms with E-state index in [2.05, 4.69) is 27.2 Å². The van der Waals surface area contributed by atoms with Gasteiger partial charge in [0.05, 0.1) is 20.1 Å². The van der Waals surface area contributed by atoms with E-state index < -0.39 is 0 Å². The lowest BCUT2D eigenvalue weighted by Crippen LogP contribution is -2.31. The maximum atomic E-state index is 5.72. The number of hydrogen-bond acceptors (Lipinski definition) is 8. The Bertz CT molecular complexity index is 1230. The second-order valence-corrected chi connectivity index (χ2v) is 8.64. The number of rotatable bonds is 8. The minimum atomic E-state index is -0.138. The molecule has 1 aromatic carbocycles. The first-order valence-corrected chi connectivity index (χ1v) is 11.9. The van der Waals surface area contributed by atoms with E-state index >= 15 is 0 Å². The van der Waals surface area contributed by atoms with Crippen LogP contribution >= 0.6 is 0 Å². The first-order chi connectivity index (χ1) is 17.2.